The van der Waals surface area contributed by atoms with Crippen molar-refractivity contribution in [3.8, 4) is 11.5 Å². The lowest BCUT2D eigenvalue weighted by molar-refractivity contribution is -0.129. The van der Waals surface area contributed by atoms with Crippen molar-refractivity contribution in [2.24, 2.45) is 22.4 Å². The van der Waals surface area contributed by atoms with Gasteiger partial charge < -0.3 is 20.9 Å². The molecular weight excluding hydrogens is 504 g/mol. The predicted octanol–water partition coefficient (Wildman–Crippen LogP) is 6.10. The first-order chi connectivity index (χ1) is 19.0. The second-order valence-electron chi connectivity index (χ2n) is 10.1. The van der Waals surface area contributed by atoms with Gasteiger partial charge in [0.15, 0.2) is 5.96 Å². The van der Waals surface area contributed by atoms with E-state index in [9.17, 15) is 9.59 Å². The van der Waals surface area contributed by atoms with Crippen molar-refractivity contribution in [3.05, 3.63) is 59.2 Å². The summed E-state index contributed by atoms with van der Waals surface area (Å²) in [6, 6.07) is 13.1. The molecule has 0 bridgehead atoms. The Labute approximate surface area is 241 Å². The van der Waals surface area contributed by atoms with Crippen LogP contribution in [-0.2, 0) is 17.8 Å². The fourth-order valence-electron chi connectivity index (χ4n) is 4.17. The first kappa shape index (κ1) is 34.5. The van der Waals surface area contributed by atoms with Crippen LogP contribution in [0.3, 0.4) is 0 Å². The minimum Gasteiger partial charge on any atom is -0.494 e. The molecular formula is C32H50N4O4. The summed E-state index contributed by atoms with van der Waals surface area (Å²) >= 11 is 0. The number of ether oxygens (including phenoxy) is 2. The Bertz CT molecular complexity index is 1130. The van der Waals surface area contributed by atoms with Gasteiger partial charge in [-0.1, -0.05) is 59.7 Å². The number of nitrogens with zero attached hydrogens (tertiary/aromatic N) is 2. The Hall–Kier alpha value is -3.55. The lowest BCUT2D eigenvalue weighted by Crippen LogP contribution is -2.47. The Morgan fingerprint density at radius 2 is 1.80 bits per heavy atom. The van der Waals surface area contributed by atoms with Crippen LogP contribution < -0.4 is 20.9 Å². The Morgan fingerprint density at radius 3 is 2.38 bits per heavy atom. The average Bonchev–Trinajstić information content (AvgIpc) is 2.93. The van der Waals surface area contributed by atoms with Crippen molar-refractivity contribution in [1.29, 1.82) is 0 Å². The number of aliphatic imine (C=N–C) groups is 1. The first-order valence-corrected chi connectivity index (χ1v) is 14.5. The molecule has 0 radical (unpaired) electrons. The van der Waals surface area contributed by atoms with Gasteiger partial charge in [0.25, 0.3) is 0 Å². The molecule has 2 aromatic carbocycles. The molecule has 2 amide bonds. The van der Waals surface area contributed by atoms with Crippen molar-refractivity contribution in [3.63, 3.8) is 0 Å². The standard InChI is InChI=1S/C17H24N4O3.C11H14O.2C2H6/c1-4-24-14-6-5-11(16(18)23)7-12(14)9-21-15(22)8-13(10(2)3)20-17(21)19;1-11(2)8-7-9-5-3-4-6-10(9)12-11;2*1-2/h5-7,10,13H,4,8-9H2,1-3H3,(H2,18,23)(H2,19,20);3-6H,7-8H2,1-2H3;2*1-2H3. The monoisotopic (exact) mass is 554 g/mol. The van der Waals surface area contributed by atoms with Crippen LogP contribution in [0.2, 0.25) is 0 Å². The molecule has 222 valence electrons. The minimum atomic E-state index is -0.536. The van der Waals surface area contributed by atoms with Crippen LogP contribution in [-0.4, -0.2) is 40.9 Å². The average molecular weight is 555 g/mol. The third-order valence-electron chi connectivity index (χ3n) is 6.36. The number of rotatable bonds is 6. The topological polar surface area (TPSA) is 120 Å². The van der Waals surface area contributed by atoms with Gasteiger partial charge in [0.1, 0.15) is 17.1 Å². The number of primary amides is 1. The van der Waals surface area contributed by atoms with E-state index in [0.717, 1.165) is 18.6 Å². The third-order valence-corrected chi connectivity index (χ3v) is 6.36. The van der Waals surface area contributed by atoms with E-state index < -0.39 is 5.91 Å². The Balaban J connectivity index is 0.000000416. The molecule has 1 unspecified atom stereocenters. The molecule has 2 aliphatic heterocycles. The van der Waals surface area contributed by atoms with Crippen LogP contribution in [0.25, 0.3) is 0 Å². The maximum Gasteiger partial charge on any atom is 0.248 e. The van der Waals surface area contributed by atoms with Crippen LogP contribution in [0.15, 0.2) is 47.5 Å². The SMILES string of the molecule is CC.CC.CC1(C)CCc2ccccc2O1.CCOc1ccc(C(N)=O)cc1CN1C(=O)CC(C(C)C)N=C1N. The maximum atomic E-state index is 12.4. The highest BCUT2D eigenvalue weighted by Gasteiger charge is 2.30. The summed E-state index contributed by atoms with van der Waals surface area (Å²) < 4.78 is 11.4. The van der Waals surface area contributed by atoms with Crippen LogP contribution in [0.5, 0.6) is 11.5 Å². The molecule has 0 saturated heterocycles. The highest BCUT2D eigenvalue weighted by atomic mass is 16.5. The van der Waals surface area contributed by atoms with Crippen LogP contribution in [0.1, 0.15) is 96.6 Å². The maximum absolute atomic E-state index is 12.4. The summed E-state index contributed by atoms with van der Waals surface area (Å²) in [4.78, 5) is 29.7. The summed E-state index contributed by atoms with van der Waals surface area (Å²) in [5.74, 6) is 1.46. The van der Waals surface area contributed by atoms with Crippen molar-refractivity contribution < 1.29 is 19.1 Å². The number of benzene rings is 2. The van der Waals surface area contributed by atoms with E-state index in [2.05, 4.69) is 37.0 Å². The number of hydrogen-bond donors (Lipinski definition) is 2. The molecule has 0 aliphatic carbocycles. The van der Waals surface area contributed by atoms with Crippen molar-refractivity contribution in [2.45, 2.75) is 99.8 Å². The van der Waals surface area contributed by atoms with Crippen molar-refractivity contribution in [1.82, 2.24) is 4.90 Å². The summed E-state index contributed by atoms with van der Waals surface area (Å²) in [7, 11) is 0. The number of guanidine groups is 1. The molecule has 0 aromatic heterocycles. The lowest BCUT2D eigenvalue weighted by Gasteiger charge is -2.32. The molecule has 8 heteroatoms. The quantitative estimate of drug-likeness (QED) is 0.447. The zero-order valence-corrected chi connectivity index (χ0v) is 25.9. The molecule has 8 nitrogen and oxygen atoms in total. The Morgan fingerprint density at radius 1 is 1.15 bits per heavy atom. The summed E-state index contributed by atoms with van der Waals surface area (Å²) in [5.41, 5.74) is 13.7. The van der Waals surface area contributed by atoms with Gasteiger partial charge in [0, 0.05) is 11.1 Å². The molecule has 0 saturated carbocycles. The molecule has 2 aliphatic rings. The molecule has 2 aromatic rings. The third kappa shape index (κ3) is 9.88. The van der Waals surface area contributed by atoms with E-state index in [-0.39, 0.29) is 36.0 Å². The van der Waals surface area contributed by atoms with Gasteiger partial charge in [-0.3, -0.25) is 14.5 Å². The van der Waals surface area contributed by atoms with Gasteiger partial charge in [-0.15, -0.1) is 0 Å². The summed E-state index contributed by atoms with van der Waals surface area (Å²) in [5, 5.41) is 0. The number of hydrogen-bond acceptors (Lipinski definition) is 6. The van der Waals surface area contributed by atoms with Crippen LogP contribution in [0.4, 0.5) is 0 Å². The molecule has 4 rings (SSSR count). The fourth-order valence-corrected chi connectivity index (χ4v) is 4.17. The van der Waals surface area contributed by atoms with Gasteiger partial charge in [0.2, 0.25) is 11.8 Å². The zero-order chi connectivity index (χ0) is 30.5. The fraction of sp³-hybridized carbons (Fsp3) is 0.531. The second kappa shape index (κ2) is 16.5. The number of aryl methyl sites for hydroxylation is 1. The van der Waals surface area contributed by atoms with Crippen LogP contribution in [0, 0.1) is 5.92 Å². The smallest absolute Gasteiger partial charge is 0.248 e. The molecule has 4 N–H and O–H groups in total. The minimum absolute atomic E-state index is 0.0222. The number of para-hydroxylation sites is 1. The number of amides is 2. The molecule has 1 atom stereocenters. The highest BCUT2D eigenvalue weighted by molar-refractivity contribution is 5.98. The number of nitrogens with two attached hydrogens (primary N) is 2. The summed E-state index contributed by atoms with van der Waals surface area (Å²) in [6.07, 6.45) is 2.57. The van der Waals surface area contributed by atoms with Crippen LogP contribution >= 0.6 is 0 Å². The van der Waals surface area contributed by atoms with E-state index in [0.29, 0.717) is 29.9 Å². The predicted molar refractivity (Wildman–Crippen MR) is 164 cm³/mol. The zero-order valence-electron chi connectivity index (χ0n) is 25.9. The summed E-state index contributed by atoms with van der Waals surface area (Å²) in [6.45, 7) is 18.8. The van der Waals surface area contributed by atoms with E-state index in [4.69, 9.17) is 20.9 Å². The van der Waals surface area contributed by atoms with Gasteiger partial charge in [-0.05, 0) is 69.4 Å². The number of fused-ring (bicyclic) bond motifs is 1. The molecule has 2 heterocycles. The normalized spacial score (nSPS) is 16.9. The Kier molecular flexibility index (Phi) is 14.2. The van der Waals surface area contributed by atoms with Gasteiger partial charge in [-0.2, -0.15) is 0 Å². The second-order valence-corrected chi connectivity index (χ2v) is 10.1. The van der Waals surface area contributed by atoms with E-state index >= 15 is 0 Å². The van der Waals surface area contributed by atoms with E-state index in [1.54, 1.807) is 18.2 Å². The van der Waals surface area contributed by atoms with Crippen molar-refractivity contribution >= 4 is 17.8 Å². The molecule has 40 heavy (non-hydrogen) atoms. The lowest BCUT2D eigenvalue weighted by atomic mass is 9.94. The number of carbonyl (C=O) groups is 2. The molecule has 0 fully saturated rings. The number of carbonyl (C=O) groups excluding carboxylic acids is 2. The van der Waals surface area contributed by atoms with Gasteiger partial charge in [0.05, 0.1) is 25.6 Å². The highest BCUT2D eigenvalue weighted by Crippen LogP contribution is 2.32. The first-order valence-electron chi connectivity index (χ1n) is 14.5. The van der Waals surface area contributed by atoms with Crippen molar-refractivity contribution in [2.75, 3.05) is 6.61 Å². The largest absolute Gasteiger partial charge is 0.494 e. The molecule has 0 spiro atoms. The van der Waals surface area contributed by atoms with E-state index in [1.807, 2.05) is 54.5 Å². The van der Waals surface area contributed by atoms with E-state index in [1.165, 1.54) is 10.5 Å². The van der Waals surface area contributed by atoms with Gasteiger partial charge >= 0.3 is 0 Å². The van der Waals surface area contributed by atoms with Gasteiger partial charge in [-0.25, -0.2) is 4.99 Å².